The molecule has 0 aliphatic heterocycles. The van der Waals surface area contributed by atoms with Gasteiger partial charge in [0, 0.05) is 6.42 Å². The van der Waals surface area contributed by atoms with Gasteiger partial charge in [0.15, 0.2) is 0 Å². The lowest BCUT2D eigenvalue weighted by atomic mass is 9.89. The second kappa shape index (κ2) is 9.98. The molecular weight excluding hydrogens is 394 g/mol. The molecule has 0 amide bonds. The van der Waals surface area contributed by atoms with Crippen molar-refractivity contribution in [1.82, 2.24) is 0 Å². The van der Waals surface area contributed by atoms with Gasteiger partial charge >= 0.3 is 5.97 Å². The van der Waals surface area contributed by atoms with Crippen molar-refractivity contribution >= 4 is 34.1 Å². The van der Waals surface area contributed by atoms with Crippen LogP contribution in [0.5, 0.6) is 0 Å². The van der Waals surface area contributed by atoms with Crippen LogP contribution in [0.1, 0.15) is 60.5 Å². The molecule has 0 aromatic heterocycles. The fourth-order valence-electron chi connectivity index (χ4n) is 2.22. The molecule has 0 bridgehead atoms. The Bertz CT molecular complexity index is 530. The number of carbonyl (C=O) groups is 1. The first-order chi connectivity index (χ1) is 10.6. The average Bonchev–Trinajstić information content (AvgIpc) is 2.50. The molecule has 22 heavy (non-hydrogen) atoms. The van der Waals surface area contributed by atoms with Gasteiger partial charge in [-0.05, 0) is 47.1 Å². The molecule has 0 N–H and O–H groups in total. The van der Waals surface area contributed by atoms with Crippen molar-refractivity contribution in [3.63, 3.8) is 0 Å². The summed E-state index contributed by atoms with van der Waals surface area (Å²) >= 11 is 2.15. The number of aryl methyl sites for hydroxylation is 1. The molecule has 0 saturated heterocycles. The summed E-state index contributed by atoms with van der Waals surface area (Å²) in [5.74, 6) is -0.476. The van der Waals surface area contributed by atoms with Crippen molar-refractivity contribution in [2.75, 3.05) is 12.0 Å². The van der Waals surface area contributed by atoms with Crippen LogP contribution in [0.15, 0.2) is 24.0 Å². The molecule has 0 spiro atoms. The van der Waals surface area contributed by atoms with Crippen LogP contribution >= 0.6 is 22.6 Å². The average molecular weight is 418 g/mol. The standard InChI is InChI=1S/C13H13FO2.C4H8.CH3I/c1-8-11-7-10(13(15)16-2)4-3-9(11)5-6-12(8)14;1-2-4-3-1;1-2/h3-4,7H,5-6H2,1-2H3;1-4H2;1H3. The minimum Gasteiger partial charge on any atom is -0.465 e. The summed E-state index contributed by atoms with van der Waals surface area (Å²) in [6, 6.07) is 5.30. The molecule has 0 atom stereocenters. The third-order valence-electron chi connectivity index (χ3n) is 3.96. The number of allylic oxidation sites excluding steroid dienone is 2. The highest BCUT2D eigenvalue weighted by atomic mass is 127. The normalized spacial score (nSPS) is 15.3. The largest absolute Gasteiger partial charge is 0.465 e. The van der Waals surface area contributed by atoms with E-state index in [1.807, 2.05) is 11.0 Å². The first kappa shape index (κ1) is 19.1. The number of methoxy groups -OCH3 is 1. The van der Waals surface area contributed by atoms with E-state index in [2.05, 4.69) is 27.3 Å². The number of hydrogen-bond donors (Lipinski definition) is 0. The number of hydrogen-bond acceptors (Lipinski definition) is 2. The highest BCUT2D eigenvalue weighted by Crippen LogP contribution is 2.32. The summed E-state index contributed by atoms with van der Waals surface area (Å²) in [5.41, 5.74) is 3.01. The van der Waals surface area contributed by atoms with Crippen LogP contribution in [-0.4, -0.2) is 18.0 Å². The van der Waals surface area contributed by atoms with Crippen LogP contribution in [0.3, 0.4) is 0 Å². The van der Waals surface area contributed by atoms with Crippen LogP contribution < -0.4 is 0 Å². The number of halogens is 2. The Hall–Kier alpha value is -0.910. The van der Waals surface area contributed by atoms with Gasteiger partial charge in [0.05, 0.1) is 12.7 Å². The number of rotatable bonds is 1. The van der Waals surface area contributed by atoms with Crippen molar-refractivity contribution in [1.29, 1.82) is 0 Å². The van der Waals surface area contributed by atoms with Gasteiger partial charge in [0.2, 0.25) is 0 Å². The van der Waals surface area contributed by atoms with Gasteiger partial charge in [-0.3, -0.25) is 0 Å². The lowest BCUT2D eigenvalue weighted by Crippen LogP contribution is -2.06. The van der Waals surface area contributed by atoms with E-state index in [0.717, 1.165) is 11.1 Å². The van der Waals surface area contributed by atoms with E-state index in [1.54, 1.807) is 19.1 Å². The van der Waals surface area contributed by atoms with Crippen molar-refractivity contribution in [2.24, 2.45) is 0 Å². The van der Waals surface area contributed by atoms with Crippen LogP contribution in [-0.2, 0) is 11.2 Å². The Kier molecular flexibility index (Phi) is 8.68. The molecule has 0 heterocycles. The molecule has 2 nitrogen and oxygen atoms in total. The first-order valence-electron chi connectivity index (χ1n) is 7.58. The molecule has 4 heteroatoms. The number of benzene rings is 1. The number of ether oxygens (including phenoxy) is 1. The van der Waals surface area contributed by atoms with Gasteiger partial charge in [-0.15, -0.1) is 0 Å². The van der Waals surface area contributed by atoms with Gasteiger partial charge in [-0.2, -0.15) is 0 Å². The van der Waals surface area contributed by atoms with E-state index in [9.17, 15) is 9.18 Å². The highest BCUT2D eigenvalue weighted by Gasteiger charge is 2.17. The molecule has 2 aliphatic rings. The first-order valence-corrected chi connectivity index (χ1v) is 9.74. The Labute approximate surface area is 146 Å². The van der Waals surface area contributed by atoms with Crippen molar-refractivity contribution < 1.29 is 13.9 Å². The maximum atomic E-state index is 13.4. The van der Waals surface area contributed by atoms with Crippen LogP contribution in [0.25, 0.3) is 5.57 Å². The Morgan fingerprint density at radius 1 is 1.14 bits per heavy atom. The smallest absolute Gasteiger partial charge is 0.337 e. The number of esters is 1. The molecule has 0 radical (unpaired) electrons. The van der Waals surface area contributed by atoms with E-state index in [-0.39, 0.29) is 11.8 Å². The predicted molar refractivity (Wildman–Crippen MR) is 98.2 cm³/mol. The fraction of sp³-hybridized carbons (Fsp3) is 0.500. The van der Waals surface area contributed by atoms with Gasteiger partial charge in [-0.25, -0.2) is 9.18 Å². The van der Waals surface area contributed by atoms with Crippen LogP contribution in [0, 0.1) is 0 Å². The van der Waals surface area contributed by atoms with Gasteiger partial charge in [-0.1, -0.05) is 54.3 Å². The molecule has 122 valence electrons. The maximum Gasteiger partial charge on any atom is 0.337 e. The molecule has 1 fully saturated rings. The third kappa shape index (κ3) is 5.07. The summed E-state index contributed by atoms with van der Waals surface area (Å²) in [5, 5.41) is 0. The summed E-state index contributed by atoms with van der Waals surface area (Å²) < 4.78 is 18.1. The van der Waals surface area contributed by atoms with Gasteiger partial charge < -0.3 is 4.74 Å². The Morgan fingerprint density at radius 2 is 1.73 bits per heavy atom. The van der Waals surface area contributed by atoms with E-state index in [0.29, 0.717) is 24.0 Å². The predicted octanol–water partition coefficient (Wildman–Crippen LogP) is 5.73. The molecule has 1 aromatic carbocycles. The minimum atomic E-state index is -0.387. The van der Waals surface area contributed by atoms with E-state index >= 15 is 0 Å². The van der Waals surface area contributed by atoms with Crippen LogP contribution in [0.2, 0.25) is 0 Å². The lowest BCUT2D eigenvalue weighted by Gasteiger charge is -2.17. The summed E-state index contributed by atoms with van der Waals surface area (Å²) in [4.78, 5) is 13.3. The quantitative estimate of drug-likeness (QED) is 0.331. The molecule has 1 aromatic rings. The molecule has 3 rings (SSSR count). The van der Waals surface area contributed by atoms with Gasteiger partial charge in [0.1, 0.15) is 5.83 Å². The summed E-state index contributed by atoms with van der Waals surface area (Å²) in [6.07, 6.45) is 7.15. The zero-order chi connectivity index (χ0) is 16.5. The second-order valence-electron chi connectivity index (χ2n) is 5.31. The SMILES string of the molecule is C1CCC1.CI.COC(=O)c1ccc2c(c1)C(C)=C(F)CC2. The zero-order valence-electron chi connectivity index (χ0n) is 13.5. The molecule has 1 saturated carbocycles. The minimum absolute atomic E-state index is 0.0884. The highest BCUT2D eigenvalue weighted by molar-refractivity contribution is 14.1. The van der Waals surface area contributed by atoms with Crippen molar-refractivity contribution in [2.45, 2.75) is 45.4 Å². The number of fused-ring (bicyclic) bond motifs is 1. The number of alkyl halides is 1. The van der Waals surface area contributed by atoms with Crippen molar-refractivity contribution in [3.05, 3.63) is 40.7 Å². The monoisotopic (exact) mass is 418 g/mol. The summed E-state index contributed by atoms with van der Waals surface area (Å²) in [6.45, 7) is 1.74. The lowest BCUT2D eigenvalue weighted by molar-refractivity contribution is 0.0600. The van der Waals surface area contributed by atoms with Crippen LogP contribution in [0.4, 0.5) is 4.39 Å². The van der Waals surface area contributed by atoms with E-state index in [1.165, 1.54) is 32.8 Å². The Morgan fingerprint density at radius 3 is 2.23 bits per heavy atom. The van der Waals surface area contributed by atoms with E-state index in [4.69, 9.17) is 0 Å². The molecule has 2 aliphatic carbocycles. The summed E-state index contributed by atoms with van der Waals surface area (Å²) in [7, 11) is 1.34. The molecule has 0 unspecified atom stereocenters. The number of carbonyl (C=O) groups excluding carboxylic acids is 1. The fourth-order valence-corrected chi connectivity index (χ4v) is 2.22. The van der Waals surface area contributed by atoms with Crippen molar-refractivity contribution in [3.8, 4) is 0 Å². The van der Waals surface area contributed by atoms with Gasteiger partial charge in [0.25, 0.3) is 0 Å². The second-order valence-corrected chi connectivity index (χ2v) is 5.31. The third-order valence-corrected chi connectivity index (χ3v) is 3.96. The van der Waals surface area contributed by atoms with E-state index < -0.39 is 0 Å². The maximum absolute atomic E-state index is 13.4. The zero-order valence-corrected chi connectivity index (χ0v) is 15.7. The molecular formula is C18H24FIO2. The Balaban J connectivity index is 0.000000342. The topological polar surface area (TPSA) is 26.3 Å².